The maximum absolute atomic E-state index is 11.7. The van der Waals surface area contributed by atoms with Crippen molar-refractivity contribution in [1.82, 2.24) is 10.2 Å². The Labute approximate surface area is 103 Å². The Morgan fingerprint density at radius 2 is 2.47 bits per heavy atom. The minimum Gasteiger partial charge on any atom is -0.395 e. The number of hydrogen-bond donors (Lipinski definition) is 2. The summed E-state index contributed by atoms with van der Waals surface area (Å²) in [5.74, 6) is 0. The van der Waals surface area contributed by atoms with Crippen molar-refractivity contribution in [3.63, 3.8) is 0 Å². The van der Waals surface area contributed by atoms with Crippen LogP contribution in [0.15, 0.2) is 24.3 Å². The van der Waals surface area contributed by atoms with Crippen LogP contribution < -0.4 is 5.32 Å². The average Bonchev–Trinajstić information content (AvgIpc) is 2.81. The molecule has 0 bridgehead atoms. The van der Waals surface area contributed by atoms with Crippen molar-refractivity contribution in [2.45, 2.75) is 25.7 Å². The fourth-order valence-electron chi connectivity index (χ4n) is 1.96. The van der Waals surface area contributed by atoms with E-state index in [4.69, 9.17) is 5.11 Å². The molecule has 0 aromatic carbocycles. The van der Waals surface area contributed by atoms with Crippen LogP contribution >= 0.6 is 0 Å². The normalized spacial score (nSPS) is 14.3. The topological polar surface area (TPSA) is 52.6 Å². The van der Waals surface area contributed by atoms with Crippen LogP contribution in [-0.2, 0) is 0 Å². The number of carbonyl (C=O) groups excluding carboxylic acids is 1. The first kappa shape index (κ1) is 13.8. The third-order valence-electron chi connectivity index (χ3n) is 2.86. The first-order chi connectivity index (χ1) is 8.27. The van der Waals surface area contributed by atoms with E-state index in [0.29, 0.717) is 19.6 Å². The van der Waals surface area contributed by atoms with Crippen molar-refractivity contribution in [2.24, 2.45) is 0 Å². The number of carbonyl (C=O) groups is 1. The molecule has 4 nitrogen and oxygen atoms in total. The quantitative estimate of drug-likeness (QED) is 0.663. The highest BCUT2D eigenvalue weighted by atomic mass is 16.3. The van der Waals surface area contributed by atoms with E-state index in [1.165, 1.54) is 24.8 Å². The second-order valence-corrected chi connectivity index (χ2v) is 4.19. The van der Waals surface area contributed by atoms with Crippen molar-refractivity contribution in [2.75, 3.05) is 26.2 Å². The molecular formula is C13H22N2O2. The lowest BCUT2D eigenvalue weighted by Gasteiger charge is -2.20. The summed E-state index contributed by atoms with van der Waals surface area (Å²) < 4.78 is 0. The van der Waals surface area contributed by atoms with E-state index in [1.54, 1.807) is 11.0 Å². The zero-order valence-electron chi connectivity index (χ0n) is 10.3. The predicted molar refractivity (Wildman–Crippen MR) is 68.8 cm³/mol. The highest BCUT2D eigenvalue weighted by Gasteiger charge is 2.11. The maximum atomic E-state index is 11.7. The van der Waals surface area contributed by atoms with Gasteiger partial charge in [0.05, 0.1) is 6.61 Å². The lowest BCUT2D eigenvalue weighted by atomic mass is 10.2. The summed E-state index contributed by atoms with van der Waals surface area (Å²) in [6, 6.07) is -0.127. The number of nitrogens with zero attached hydrogens (tertiary/aromatic N) is 1. The minimum atomic E-state index is -0.127. The fourth-order valence-corrected chi connectivity index (χ4v) is 1.96. The molecule has 1 aliphatic carbocycles. The summed E-state index contributed by atoms with van der Waals surface area (Å²) in [6.07, 6.45) is 8.46. The highest BCUT2D eigenvalue weighted by Crippen LogP contribution is 2.19. The van der Waals surface area contributed by atoms with Gasteiger partial charge in [0, 0.05) is 19.6 Å². The van der Waals surface area contributed by atoms with Gasteiger partial charge in [0.1, 0.15) is 0 Å². The molecule has 0 radical (unpaired) electrons. The molecule has 0 aromatic rings. The minimum absolute atomic E-state index is 0.0214. The van der Waals surface area contributed by atoms with Gasteiger partial charge in [-0.3, -0.25) is 0 Å². The Kier molecular flexibility index (Phi) is 6.40. The monoisotopic (exact) mass is 238 g/mol. The smallest absolute Gasteiger partial charge is 0.317 e. The molecule has 0 heterocycles. The van der Waals surface area contributed by atoms with Crippen LogP contribution in [0.4, 0.5) is 4.79 Å². The van der Waals surface area contributed by atoms with Crippen LogP contribution in [0.25, 0.3) is 0 Å². The number of hydrogen-bond acceptors (Lipinski definition) is 2. The number of allylic oxidation sites excluding steroid dienone is 1. The van der Waals surface area contributed by atoms with Gasteiger partial charge >= 0.3 is 6.03 Å². The van der Waals surface area contributed by atoms with Crippen molar-refractivity contribution in [3.05, 3.63) is 24.3 Å². The molecule has 0 spiro atoms. The molecule has 0 unspecified atom stereocenters. The van der Waals surface area contributed by atoms with Crippen LogP contribution in [0, 0.1) is 0 Å². The van der Waals surface area contributed by atoms with Crippen molar-refractivity contribution < 1.29 is 9.90 Å². The average molecular weight is 238 g/mol. The number of nitrogens with one attached hydrogen (secondary N) is 1. The van der Waals surface area contributed by atoms with Crippen molar-refractivity contribution in [1.29, 1.82) is 0 Å². The number of amides is 2. The largest absolute Gasteiger partial charge is 0.395 e. The Hall–Kier alpha value is -1.29. The summed E-state index contributed by atoms with van der Waals surface area (Å²) in [6.45, 7) is 5.06. The molecule has 17 heavy (non-hydrogen) atoms. The van der Waals surface area contributed by atoms with Gasteiger partial charge in [0.2, 0.25) is 0 Å². The Morgan fingerprint density at radius 1 is 1.65 bits per heavy atom. The molecule has 0 aromatic heterocycles. The van der Waals surface area contributed by atoms with Gasteiger partial charge in [-0.15, -0.1) is 6.58 Å². The Balaban J connectivity index is 2.23. The van der Waals surface area contributed by atoms with Crippen molar-refractivity contribution in [3.8, 4) is 0 Å². The highest BCUT2D eigenvalue weighted by molar-refractivity contribution is 5.74. The molecule has 1 rings (SSSR count). The lowest BCUT2D eigenvalue weighted by molar-refractivity contribution is 0.184. The number of aliphatic hydroxyl groups is 1. The number of aliphatic hydroxyl groups excluding tert-OH is 1. The van der Waals surface area contributed by atoms with Gasteiger partial charge in [-0.25, -0.2) is 4.79 Å². The predicted octanol–water partition coefficient (Wildman–Crippen LogP) is 1.68. The van der Waals surface area contributed by atoms with E-state index in [0.717, 1.165) is 6.42 Å². The molecule has 4 heteroatoms. The SMILES string of the molecule is C=CCN(CCO)C(=O)NCCC1=CCCC1. The van der Waals surface area contributed by atoms with E-state index < -0.39 is 0 Å². The van der Waals surface area contributed by atoms with E-state index in [2.05, 4.69) is 18.0 Å². The summed E-state index contributed by atoms with van der Waals surface area (Å²) in [7, 11) is 0. The molecule has 0 aliphatic heterocycles. The molecule has 96 valence electrons. The van der Waals surface area contributed by atoms with Gasteiger partial charge in [-0.2, -0.15) is 0 Å². The van der Waals surface area contributed by atoms with Gasteiger partial charge in [0.25, 0.3) is 0 Å². The third-order valence-corrected chi connectivity index (χ3v) is 2.86. The van der Waals surface area contributed by atoms with E-state index in [9.17, 15) is 4.79 Å². The fraction of sp³-hybridized carbons (Fsp3) is 0.615. The van der Waals surface area contributed by atoms with Gasteiger partial charge in [-0.1, -0.05) is 17.7 Å². The molecule has 0 saturated heterocycles. The van der Waals surface area contributed by atoms with Crippen LogP contribution in [-0.4, -0.2) is 42.3 Å². The molecule has 2 amide bonds. The van der Waals surface area contributed by atoms with Crippen LogP contribution in [0.5, 0.6) is 0 Å². The summed E-state index contributed by atoms with van der Waals surface area (Å²) in [5.41, 5.74) is 1.45. The summed E-state index contributed by atoms with van der Waals surface area (Å²) in [5, 5.41) is 11.7. The van der Waals surface area contributed by atoms with Crippen LogP contribution in [0.2, 0.25) is 0 Å². The first-order valence-corrected chi connectivity index (χ1v) is 6.20. The van der Waals surface area contributed by atoms with Crippen LogP contribution in [0.3, 0.4) is 0 Å². The molecular weight excluding hydrogens is 216 g/mol. The standard InChI is InChI=1S/C13H22N2O2/c1-2-9-15(10-11-16)13(17)14-8-7-12-5-3-4-6-12/h2,5,16H,1,3-4,6-11H2,(H,14,17). The zero-order valence-corrected chi connectivity index (χ0v) is 10.3. The second-order valence-electron chi connectivity index (χ2n) is 4.19. The number of urea groups is 1. The first-order valence-electron chi connectivity index (χ1n) is 6.20. The molecule has 0 fully saturated rings. The van der Waals surface area contributed by atoms with Gasteiger partial charge in [0.15, 0.2) is 0 Å². The molecule has 0 saturated carbocycles. The molecule has 2 N–H and O–H groups in total. The summed E-state index contributed by atoms with van der Waals surface area (Å²) in [4.78, 5) is 13.3. The van der Waals surface area contributed by atoms with Gasteiger partial charge < -0.3 is 15.3 Å². The second kappa shape index (κ2) is 7.90. The Morgan fingerprint density at radius 3 is 3.06 bits per heavy atom. The maximum Gasteiger partial charge on any atom is 0.317 e. The van der Waals surface area contributed by atoms with E-state index in [1.807, 2.05) is 0 Å². The summed E-state index contributed by atoms with van der Waals surface area (Å²) >= 11 is 0. The number of rotatable bonds is 7. The van der Waals surface area contributed by atoms with E-state index >= 15 is 0 Å². The molecule has 1 aliphatic rings. The third kappa shape index (κ3) is 5.04. The Bertz CT molecular complexity index is 287. The lowest BCUT2D eigenvalue weighted by Crippen LogP contribution is -2.41. The van der Waals surface area contributed by atoms with E-state index in [-0.39, 0.29) is 12.6 Å². The molecule has 0 atom stereocenters. The van der Waals surface area contributed by atoms with Gasteiger partial charge in [-0.05, 0) is 25.7 Å². The van der Waals surface area contributed by atoms with Crippen LogP contribution in [0.1, 0.15) is 25.7 Å². The zero-order chi connectivity index (χ0) is 12.5. The van der Waals surface area contributed by atoms with Crippen molar-refractivity contribution >= 4 is 6.03 Å².